The fraction of sp³-hybridized carbons (Fsp3) is 0.750. The number of aliphatic carboxylic acids is 2. The fourth-order valence-electron chi connectivity index (χ4n) is 1.04. The molecular formula is C8H14Na2O5+2. The molecule has 15 heavy (non-hydrogen) atoms. The van der Waals surface area contributed by atoms with Gasteiger partial charge in [-0.05, 0) is 12.3 Å². The SMILES string of the molecule is CC(C)C[C@@H](C(=O)O)[C@H](O)C(=O)O.[Na+].[Na+]. The zero-order valence-corrected chi connectivity index (χ0v) is 13.6. The third-order valence-electron chi connectivity index (χ3n) is 1.68. The molecule has 0 amide bonds. The summed E-state index contributed by atoms with van der Waals surface area (Å²) in [7, 11) is 0. The van der Waals surface area contributed by atoms with E-state index in [0.29, 0.717) is 0 Å². The number of carboxylic acid groups (broad SMARTS) is 2. The van der Waals surface area contributed by atoms with Gasteiger partial charge < -0.3 is 15.3 Å². The summed E-state index contributed by atoms with van der Waals surface area (Å²) in [6.07, 6.45) is -1.66. The van der Waals surface area contributed by atoms with Crippen LogP contribution in [0.5, 0.6) is 0 Å². The van der Waals surface area contributed by atoms with Gasteiger partial charge in [-0.25, -0.2) is 4.79 Å². The molecule has 3 N–H and O–H groups in total. The maximum atomic E-state index is 10.6. The van der Waals surface area contributed by atoms with Crippen molar-refractivity contribution in [1.29, 1.82) is 0 Å². The van der Waals surface area contributed by atoms with E-state index in [1.165, 1.54) is 0 Å². The zero-order valence-electron chi connectivity index (χ0n) is 9.60. The fourth-order valence-corrected chi connectivity index (χ4v) is 1.04. The minimum absolute atomic E-state index is 0. The van der Waals surface area contributed by atoms with Crippen LogP contribution in [0.2, 0.25) is 0 Å². The molecule has 2 atom stereocenters. The van der Waals surface area contributed by atoms with Gasteiger partial charge in [-0.3, -0.25) is 4.79 Å². The molecule has 0 aromatic heterocycles. The molecule has 7 heteroatoms. The van der Waals surface area contributed by atoms with Crippen molar-refractivity contribution in [2.45, 2.75) is 26.4 Å². The van der Waals surface area contributed by atoms with Crippen LogP contribution in [0.4, 0.5) is 0 Å². The second-order valence-corrected chi connectivity index (χ2v) is 3.36. The van der Waals surface area contributed by atoms with Gasteiger partial charge in [0.1, 0.15) is 0 Å². The van der Waals surface area contributed by atoms with Gasteiger partial charge in [0.15, 0.2) is 6.10 Å². The maximum Gasteiger partial charge on any atom is 1.00 e. The van der Waals surface area contributed by atoms with Crippen LogP contribution in [0.15, 0.2) is 0 Å². The van der Waals surface area contributed by atoms with Crippen LogP contribution in [-0.2, 0) is 9.59 Å². The van der Waals surface area contributed by atoms with Gasteiger partial charge in [-0.1, -0.05) is 13.8 Å². The summed E-state index contributed by atoms with van der Waals surface area (Å²) in [5.74, 6) is -3.95. The maximum absolute atomic E-state index is 10.6. The standard InChI is InChI=1S/C8H14O5.2Na/c1-4(2)3-5(7(10)11)6(9)8(12)13;;/h4-6,9H,3H2,1-2H3,(H,10,11)(H,12,13);;/q;2*+1/t5-,6+;;/m1../s1. The van der Waals surface area contributed by atoms with Crippen molar-refractivity contribution in [3.63, 3.8) is 0 Å². The third kappa shape index (κ3) is 8.68. The average molecular weight is 236 g/mol. The minimum Gasteiger partial charge on any atom is -0.481 e. The first-order valence-corrected chi connectivity index (χ1v) is 4.00. The first-order chi connectivity index (χ1) is 5.86. The van der Waals surface area contributed by atoms with Crippen molar-refractivity contribution < 1.29 is 84.0 Å². The molecule has 0 aliphatic rings. The number of carbonyl (C=O) groups is 2. The van der Waals surface area contributed by atoms with Crippen LogP contribution in [0.3, 0.4) is 0 Å². The number of aliphatic hydroxyl groups is 1. The molecular weight excluding hydrogens is 222 g/mol. The molecule has 0 fully saturated rings. The first-order valence-electron chi connectivity index (χ1n) is 4.00. The Bertz CT molecular complexity index is 207. The van der Waals surface area contributed by atoms with Gasteiger partial charge in [0.25, 0.3) is 0 Å². The van der Waals surface area contributed by atoms with Crippen molar-refractivity contribution in [3.8, 4) is 0 Å². The molecule has 5 nitrogen and oxygen atoms in total. The van der Waals surface area contributed by atoms with E-state index in [9.17, 15) is 9.59 Å². The summed E-state index contributed by atoms with van der Waals surface area (Å²) < 4.78 is 0. The zero-order chi connectivity index (χ0) is 10.6. The second kappa shape index (κ2) is 10.1. The van der Waals surface area contributed by atoms with E-state index >= 15 is 0 Å². The molecule has 0 unspecified atom stereocenters. The van der Waals surface area contributed by atoms with E-state index in [1.54, 1.807) is 13.8 Å². The Morgan fingerprint density at radius 1 is 1.07 bits per heavy atom. The quantitative estimate of drug-likeness (QED) is 0.413. The average Bonchev–Trinajstić information content (AvgIpc) is 1.97. The van der Waals surface area contributed by atoms with Crippen molar-refractivity contribution in [3.05, 3.63) is 0 Å². The summed E-state index contributed by atoms with van der Waals surface area (Å²) in [5.41, 5.74) is 0. The normalized spacial score (nSPS) is 13.3. The van der Waals surface area contributed by atoms with E-state index in [-0.39, 0.29) is 71.5 Å². The predicted molar refractivity (Wildman–Crippen MR) is 44.2 cm³/mol. The predicted octanol–water partition coefficient (Wildman–Crippen LogP) is -5.81. The van der Waals surface area contributed by atoms with E-state index < -0.39 is 24.0 Å². The van der Waals surface area contributed by atoms with Gasteiger partial charge in [-0.2, -0.15) is 0 Å². The Labute approximate surface area is 133 Å². The van der Waals surface area contributed by atoms with E-state index in [2.05, 4.69) is 0 Å². The number of hydrogen-bond acceptors (Lipinski definition) is 3. The molecule has 0 spiro atoms. The van der Waals surface area contributed by atoms with Crippen molar-refractivity contribution >= 4 is 11.9 Å². The molecule has 76 valence electrons. The molecule has 0 heterocycles. The van der Waals surface area contributed by atoms with Crippen LogP contribution in [0.1, 0.15) is 20.3 Å². The molecule has 0 saturated heterocycles. The minimum atomic E-state index is -1.82. The van der Waals surface area contributed by atoms with Gasteiger partial charge in [0.2, 0.25) is 0 Å². The number of hydrogen-bond donors (Lipinski definition) is 3. The molecule has 0 radical (unpaired) electrons. The molecule has 0 aromatic rings. The van der Waals surface area contributed by atoms with Gasteiger partial charge in [-0.15, -0.1) is 0 Å². The first kappa shape index (κ1) is 21.2. The van der Waals surface area contributed by atoms with Crippen molar-refractivity contribution in [2.75, 3.05) is 0 Å². The summed E-state index contributed by atoms with van der Waals surface area (Å²) in [4.78, 5) is 20.9. The largest absolute Gasteiger partial charge is 1.00 e. The molecule has 0 rings (SSSR count). The molecule has 0 aliphatic heterocycles. The Hall–Kier alpha value is 0.900. The van der Waals surface area contributed by atoms with Crippen LogP contribution < -0.4 is 59.1 Å². The van der Waals surface area contributed by atoms with Crippen LogP contribution >= 0.6 is 0 Å². The number of rotatable bonds is 5. The third-order valence-corrected chi connectivity index (χ3v) is 1.68. The Morgan fingerprint density at radius 3 is 1.67 bits per heavy atom. The Kier molecular flexibility index (Phi) is 14.3. The molecule has 0 aliphatic carbocycles. The van der Waals surface area contributed by atoms with Crippen LogP contribution in [0, 0.1) is 11.8 Å². The summed E-state index contributed by atoms with van der Waals surface area (Å²) >= 11 is 0. The van der Waals surface area contributed by atoms with E-state index in [0.717, 1.165) is 0 Å². The molecule has 0 saturated carbocycles. The van der Waals surface area contributed by atoms with Gasteiger partial charge >= 0.3 is 71.1 Å². The summed E-state index contributed by atoms with van der Waals surface area (Å²) in [6.45, 7) is 3.54. The Morgan fingerprint density at radius 2 is 1.47 bits per heavy atom. The molecule has 0 bridgehead atoms. The van der Waals surface area contributed by atoms with E-state index in [4.69, 9.17) is 15.3 Å². The number of carboxylic acids is 2. The van der Waals surface area contributed by atoms with E-state index in [1.807, 2.05) is 0 Å². The summed E-state index contributed by atoms with van der Waals surface area (Å²) in [5, 5.41) is 26.0. The van der Waals surface area contributed by atoms with Crippen molar-refractivity contribution in [1.82, 2.24) is 0 Å². The van der Waals surface area contributed by atoms with Crippen LogP contribution in [0.25, 0.3) is 0 Å². The molecule has 0 aromatic carbocycles. The number of aliphatic hydroxyl groups excluding tert-OH is 1. The smallest absolute Gasteiger partial charge is 0.481 e. The van der Waals surface area contributed by atoms with Gasteiger partial charge in [0, 0.05) is 0 Å². The monoisotopic (exact) mass is 236 g/mol. The van der Waals surface area contributed by atoms with Crippen molar-refractivity contribution in [2.24, 2.45) is 11.8 Å². The van der Waals surface area contributed by atoms with Gasteiger partial charge in [0.05, 0.1) is 5.92 Å². The Balaban J connectivity index is -0.000000720. The topological polar surface area (TPSA) is 94.8 Å². The summed E-state index contributed by atoms with van der Waals surface area (Å²) in [6, 6.07) is 0. The van der Waals surface area contributed by atoms with Crippen LogP contribution in [-0.4, -0.2) is 33.4 Å². The second-order valence-electron chi connectivity index (χ2n) is 3.36.